The summed E-state index contributed by atoms with van der Waals surface area (Å²) < 4.78 is 11.4. The number of carbonyl (C=O) groups is 2. The lowest BCUT2D eigenvalue weighted by Gasteiger charge is -2.42. The van der Waals surface area contributed by atoms with E-state index in [9.17, 15) is 9.59 Å². The molecule has 4 atom stereocenters. The number of hydrogen-bond donors (Lipinski definition) is 0. The van der Waals surface area contributed by atoms with Gasteiger partial charge in [0, 0.05) is 20.1 Å². The molecular formula is C19H26N2O4. The fourth-order valence-electron chi connectivity index (χ4n) is 3.62. The Labute approximate surface area is 148 Å². The maximum atomic E-state index is 13.2. The van der Waals surface area contributed by atoms with Crippen LogP contribution in [-0.4, -0.2) is 66.7 Å². The Kier molecular flexibility index (Phi) is 5.11. The highest BCUT2D eigenvalue weighted by molar-refractivity contribution is 5.86. The van der Waals surface area contributed by atoms with Crippen LogP contribution in [0.5, 0.6) is 0 Å². The molecule has 1 aromatic rings. The number of hydrogen-bond acceptors (Lipinski definition) is 4. The number of benzene rings is 1. The first kappa shape index (κ1) is 17.9. The third-order valence-electron chi connectivity index (χ3n) is 4.88. The standard InChI is InChI=1S/C19H26N2O4/c1-12-5-7-15(8-6-12)17-18(24-11-16(22)20(17)4)19(23)21-9-13(2)25-14(3)10-21/h5-8,13-14,17-18H,9-11H2,1-4H3. The molecule has 3 rings (SSSR count). The average Bonchev–Trinajstić information content (AvgIpc) is 2.57. The molecule has 25 heavy (non-hydrogen) atoms. The number of carbonyl (C=O) groups excluding carboxylic acids is 2. The summed E-state index contributed by atoms with van der Waals surface area (Å²) >= 11 is 0. The van der Waals surface area contributed by atoms with Crippen molar-refractivity contribution in [1.82, 2.24) is 9.80 Å². The largest absolute Gasteiger partial charge is 0.372 e. The molecule has 0 spiro atoms. The molecule has 2 saturated heterocycles. The Hall–Kier alpha value is -1.92. The molecule has 2 amide bonds. The van der Waals surface area contributed by atoms with Crippen LogP contribution in [0.3, 0.4) is 0 Å². The van der Waals surface area contributed by atoms with Crippen LogP contribution >= 0.6 is 0 Å². The van der Waals surface area contributed by atoms with Crippen molar-refractivity contribution in [3.63, 3.8) is 0 Å². The second kappa shape index (κ2) is 7.14. The number of ether oxygens (including phenoxy) is 2. The number of rotatable bonds is 2. The molecule has 0 aromatic heterocycles. The Morgan fingerprint density at radius 1 is 1.12 bits per heavy atom. The van der Waals surface area contributed by atoms with Crippen LogP contribution in [0.25, 0.3) is 0 Å². The van der Waals surface area contributed by atoms with E-state index in [1.165, 1.54) is 0 Å². The van der Waals surface area contributed by atoms with Gasteiger partial charge in [-0.15, -0.1) is 0 Å². The van der Waals surface area contributed by atoms with E-state index in [2.05, 4.69) is 0 Å². The number of aryl methyl sites for hydroxylation is 1. The van der Waals surface area contributed by atoms with Crippen LogP contribution in [-0.2, 0) is 19.1 Å². The van der Waals surface area contributed by atoms with Gasteiger partial charge < -0.3 is 19.3 Å². The summed E-state index contributed by atoms with van der Waals surface area (Å²) in [7, 11) is 1.74. The highest BCUT2D eigenvalue weighted by atomic mass is 16.5. The molecule has 136 valence electrons. The second-order valence-electron chi connectivity index (χ2n) is 7.09. The summed E-state index contributed by atoms with van der Waals surface area (Å²) in [5.74, 6) is -0.190. The number of nitrogens with zero attached hydrogens (tertiary/aromatic N) is 2. The van der Waals surface area contributed by atoms with Gasteiger partial charge in [-0.25, -0.2) is 0 Å². The van der Waals surface area contributed by atoms with E-state index in [0.29, 0.717) is 13.1 Å². The van der Waals surface area contributed by atoms with E-state index >= 15 is 0 Å². The molecule has 2 aliphatic rings. The first-order valence-electron chi connectivity index (χ1n) is 8.75. The van der Waals surface area contributed by atoms with E-state index < -0.39 is 12.1 Å². The molecule has 2 fully saturated rings. The molecule has 2 aliphatic heterocycles. The normalized spacial score (nSPS) is 30.5. The second-order valence-corrected chi connectivity index (χ2v) is 7.09. The van der Waals surface area contributed by atoms with Gasteiger partial charge >= 0.3 is 0 Å². The lowest BCUT2D eigenvalue weighted by Crippen LogP contribution is -2.57. The summed E-state index contributed by atoms with van der Waals surface area (Å²) in [4.78, 5) is 28.7. The summed E-state index contributed by atoms with van der Waals surface area (Å²) in [6.45, 7) is 6.96. The van der Waals surface area contributed by atoms with Gasteiger partial charge in [0.1, 0.15) is 6.61 Å². The van der Waals surface area contributed by atoms with Crippen molar-refractivity contribution in [2.24, 2.45) is 0 Å². The Balaban J connectivity index is 1.87. The van der Waals surface area contributed by atoms with E-state index in [4.69, 9.17) is 9.47 Å². The number of likely N-dealkylation sites (N-methyl/N-ethyl adjacent to an activating group) is 1. The lowest BCUT2D eigenvalue weighted by molar-refractivity contribution is -0.173. The zero-order valence-electron chi connectivity index (χ0n) is 15.3. The molecule has 0 N–H and O–H groups in total. The van der Waals surface area contributed by atoms with Gasteiger partial charge in [0.2, 0.25) is 5.91 Å². The lowest BCUT2D eigenvalue weighted by atomic mass is 9.96. The molecule has 0 bridgehead atoms. The minimum absolute atomic E-state index is 0.00604. The number of amides is 2. The first-order chi connectivity index (χ1) is 11.9. The van der Waals surface area contributed by atoms with Crippen LogP contribution < -0.4 is 0 Å². The van der Waals surface area contributed by atoms with Gasteiger partial charge in [0.15, 0.2) is 6.10 Å². The van der Waals surface area contributed by atoms with E-state index in [-0.39, 0.29) is 30.6 Å². The monoisotopic (exact) mass is 346 g/mol. The van der Waals surface area contributed by atoms with Crippen molar-refractivity contribution >= 4 is 11.8 Å². The van der Waals surface area contributed by atoms with Crippen LogP contribution in [0.2, 0.25) is 0 Å². The van der Waals surface area contributed by atoms with Crippen LogP contribution in [0.1, 0.15) is 31.0 Å². The first-order valence-corrected chi connectivity index (χ1v) is 8.75. The fraction of sp³-hybridized carbons (Fsp3) is 0.579. The molecule has 2 heterocycles. The summed E-state index contributed by atoms with van der Waals surface area (Å²) in [5.41, 5.74) is 2.04. The van der Waals surface area contributed by atoms with E-state index in [1.54, 1.807) is 16.8 Å². The molecular weight excluding hydrogens is 320 g/mol. The van der Waals surface area contributed by atoms with Crippen molar-refractivity contribution in [3.8, 4) is 0 Å². The zero-order chi connectivity index (χ0) is 18.1. The average molecular weight is 346 g/mol. The van der Waals surface area contributed by atoms with Gasteiger partial charge in [0.05, 0.1) is 18.2 Å². The SMILES string of the molecule is Cc1ccc(C2C(C(=O)N3CC(C)OC(C)C3)OCC(=O)N2C)cc1. The van der Waals surface area contributed by atoms with Gasteiger partial charge in [-0.3, -0.25) is 9.59 Å². The Morgan fingerprint density at radius 3 is 2.32 bits per heavy atom. The van der Waals surface area contributed by atoms with Crippen LogP contribution in [0.4, 0.5) is 0 Å². The predicted octanol–water partition coefficient (Wildman–Crippen LogP) is 1.53. The smallest absolute Gasteiger partial charge is 0.254 e. The third-order valence-corrected chi connectivity index (χ3v) is 4.88. The van der Waals surface area contributed by atoms with Crippen molar-refractivity contribution in [2.45, 2.75) is 45.1 Å². The predicted molar refractivity (Wildman–Crippen MR) is 93.0 cm³/mol. The van der Waals surface area contributed by atoms with Crippen molar-refractivity contribution in [3.05, 3.63) is 35.4 Å². The van der Waals surface area contributed by atoms with Crippen molar-refractivity contribution in [1.29, 1.82) is 0 Å². The molecule has 4 unspecified atom stereocenters. The van der Waals surface area contributed by atoms with Crippen LogP contribution in [0, 0.1) is 6.92 Å². The summed E-state index contributed by atoms with van der Waals surface area (Å²) in [6.07, 6.45) is -0.704. The van der Waals surface area contributed by atoms with E-state index in [1.807, 2.05) is 45.0 Å². The maximum absolute atomic E-state index is 13.2. The third kappa shape index (κ3) is 3.70. The van der Waals surface area contributed by atoms with Gasteiger partial charge in [-0.2, -0.15) is 0 Å². The Morgan fingerprint density at radius 2 is 1.72 bits per heavy atom. The van der Waals surface area contributed by atoms with Crippen molar-refractivity contribution < 1.29 is 19.1 Å². The van der Waals surface area contributed by atoms with Crippen molar-refractivity contribution in [2.75, 3.05) is 26.7 Å². The maximum Gasteiger partial charge on any atom is 0.254 e. The summed E-state index contributed by atoms with van der Waals surface area (Å²) in [5, 5.41) is 0. The minimum atomic E-state index is -0.692. The molecule has 6 heteroatoms. The van der Waals surface area contributed by atoms with Gasteiger partial charge in [-0.05, 0) is 26.3 Å². The molecule has 0 saturated carbocycles. The van der Waals surface area contributed by atoms with Gasteiger partial charge in [-0.1, -0.05) is 29.8 Å². The quantitative estimate of drug-likeness (QED) is 0.815. The van der Waals surface area contributed by atoms with Gasteiger partial charge in [0.25, 0.3) is 5.91 Å². The molecule has 0 aliphatic carbocycles. The number of morpholine rings is 2. The summed E-state index contributed by atoms with van der Waals surface area (Å²) in [6, 6.07) is 7.49. The topological polar surface area (TPSA) is 59.1 Å². The minimum Gasteiger partial charge on any atom is -0.372 e. The van der Waals surface area contributed by atoms with E-state index in [0.717, 1.165) is 11.1 Å². The van der Waals surface area contributed by atoms with Crippen LogP contribution in [0.15, 0.2) is 24.3 Å². The zero-order valence-corrected chi connectivity index (χ0v) is 15.3. The Bertz CT molecular complexity index is 635. The highest BCUT2D eigenvalue weighted by Gasteiger charge is 2.42. The fourth-order valence-corrected chi connectivity index (χ4v) is 3.62. The molecule has 1 aromatic carbocycles. The highest BCUT2D eigenvalue weighted by Crippen LogP contribution is 2.31. The molecule has 0 radical (unpaired) electrons. The molecule has 6 nitrogen and oxygen atoms in total.